The number of aromatic nitrogens is 1. The quantitative estimate of drug-likeness (QED) is 0.763. The van der Waals surface area contributed by atoms with E-state index in [0.29, 0.717) is 6.54 Å². The fourth-order valence-electron chi connectivity index (χ4n) is 2.01. The molecule has 0 atom stereocenters. The number of nitrogens with two attached hydrogens (primary N) is 1. The van der Waals surface area contributed by atoms with Gasteiger partial charge in [0.05, 0.1) is 0 Å². The lowest BCUT2D eigenvalue weighted by Crippen LogP contribution is -2.38. The van der Waals surface area contributed by atoms with Crippen LogP contribution in [0.25, 0.3) is 0 Å². The normalized spacial score (nSPS) is 11.9. The van der Waals surface area contributed by atoms with Gasteiger partial charge >= 0.3 is 0 Å². The van der Waals surface area contributed by atoms with Crippen LogP contribution in [0.1, 0.15) is 37.6 Å². The smallest absolute Gasteiger partial charge is 0.255 e. The third-order valence-corrected chi connectivity index (χ3v) is 2.59. The van der Waals surface area contributed by atoms with Gasteiger partial charge in [-0.3, -0.25) is 4.79 Å². The highest BCUT2D eigenvalue weighted by atomic mass is 16.1. The van der Waals surface area contributed by atoms with E-state index in [1.807, 2.05) is 45.3 Å². The Morgan fingerprint density at radius 1 is 1.33 bits per heavy atom. The Morgan fingerprint density at radius 3 is 2.27 bits per heavy atom. The Hall–Kier alpha value is -1.09. The highest BCUT2D eigenvalue weighted by molar-refractivity contribution is 5.26. The van der Waals surface area contributed by atoms with Crippen molar-refractivity contribution in [2.45, 2.75) is 46.7 Å². The molecule has 0 amide bonds. The summed E-state index contributed by atoms with van der Waals surface area (Å²) in [6, 6.07) is 2.02. The van der Waals surface area contributed by atoms with Crippen molar-refractivity contribution in [2.75, 3.05) is 0 Å². The fraction of sp³-hybridized carbons (Fsp3) is 0.583. The minimum absolute atomic E-state index is 0.0440. The molecule has 0 bridgehead atoms. The summed E-state index contributed by atoms with van der Waals surface area (Å²) in [7, 11) is 0. The van der Waals surface area contributed by atoms with Gasteiger partial charge in [0.1, 0.15) is 0 Å². The largest absolute Gasteiger partial charge is 0.326 e. The third-order valence-electron chi connectivity index (χ3n) is 2.59. The summed E-state index contributed by atoms with van der Waals surface area (Å²) in [6.45, 7) is 10.3. The molecule has 3 heteroatoms. The molecule has 15 heavy (non-hydrogen) atoms. The zero-order valence-electron chi connectivity index (χ0n) is 10.2. The van der Waals surface area contributed by atoms with E-state index < -0.39 is 0 Å². The zero-order valence-corrected chi connectivity index (χ0v) is 10.2. The minimum atomic E-state index is -0.196. The van der Waals surface area contributed by atoms with Gasteiger partial charge in [-0.05, 0) is 46.2 Å². The molecule has 2 N–H and O–H groups in total. The highest BCUT2D eigenvalue weighted by Gasteiger charge is 2.19. The van der Waals surface area contributed by atoms with Crippen LogP contribution in [-0.4, -0.2) is 4.57 Å². The van der Waals surface area contributed by atoms with Crippen LogP contribution >= 0.6 is 0 Å². The van der Waals surface area contributed by atoms with Gasteiger partial charge in [-0.2, -0.15) is 0 Å². The van der Waals surface area contributed by atoms with Gasteiger partial charge in [-0.1, -0.05) is 0 Å². The topological polar surface area (TPSA) is 48.0 Å². The zero-order chi connectivity index (χ0) is 11.8. The van der Waals surface area contributed by atoms with Gasteiger partial charge in [-0.15, -0.1) is 0 Å². The van der Waals surface area contributed by atoms with E-state index in [1.165, 1.54) is 0 Å². The van der Waals surface area contributed by atoms with Gasteiger partial charge in [0.2, 0.25) is 0 Å². The average molecular weight is 208 g/mol. The molecule has 1 aromatic rings. The summed E-state index contributed by atoms with van der Waals surface area (Å²) in [5.74, 6) is 0. The van der Waals surface area contributed by atoms with Crippen molar-refractivity contribution in [3.05, 3.63) is 33.2 Å². The highest BCUT2D eigenvalue weighted by Crippen LogP contribution is 2.16. The molecule has 0 aliphatic rings. The summed E-state index contributed by atoms with van der Waals surface area (Å²) >= 11 is 0. The first-order chi connectivity index (χ1) is 6.79. The van der Waals surface area contributed by atoms with Gasteiger partial charge in [0.15, 0.2) is 0 Å². The second kappa shape index (κ2) is 3.81. The third kappa shape index (κ3) is 2.12. The van der Waals surface area contributed by atoms with Gasteiger partial charge in [0.25, 0.3) is 5.56 Å². The van der Waals surface area contributed by atoms with Crippen LogP contribution in [-0.2, 0) is 12.1 Å². The second-order valence-corrected chi connectivity index (χ2v) is 4.96. The predicted molar refractivity (Wildman–Crippen MR) is 63.1 cm³/mol. The number of aryl methyl sites for hydroxylation is 2. The Labute approximate surface area is 90.9 Å². The van der Waals surface area contributed by atoms with Crippen LogP contribution in [0.4, 0.5) is 0 Å². The fourth-order valence-corrected chi connectivity index (χ4v) is 2.01. The van der Waals surface area contributed by atoms with E-state index in [4.69, 9.17) is 5.73 Å². The molecule has 1 rings (SSSR count). The number of hydrogen-bond donors (Lipinski definition) is 1. The maximum Gasteiger partial charge on any atom is 0.255 e. The maximum atomic E-state index is 12.2. The van der Waals surface area contributed by atoms with E-state index in [9.17, 15) is 4.79 Å². The summed E-state index contributed by atoms with van der Waals surface area (Å²) in [5, 5.41) is 0. The van der Waals surface area contributed by atoms with Crippen LogP contribution in [0.15, 0.2) is 10.9 Å². The lowest BCUT2D eigenvalue weighted by molar-refractivity contribution is 0.373. The molecule has 1 heterocycles. The van der Waals surface area contributed by atoms with Crippen LogP contribution in [0.2, 0.25) is 0 Å². The molecule has 1 aromatic heterocycles. The summed E-state index contributed by atoms with van der Waals surface area (Å²) < 4.78 is 1.81. The van der Waals surface area contributed by atoms with Gasteiger partial charge in [0, 0.05) is 23.3 Å². The van der Waals surface area contributed by atoms with Crippen molar-refractivity contribution in [2.24, 2.45) is 5.73 Å². The molecule has 0 saturated heterocycles. The van der Waals surface area contributed by atoms with E-state index >= 15 is 0 Å². The number of nitrogens with zero attached hydrogens (tertiary/aromatic N) is 1. The molecule has 3 nitrogen and oxygen atoms in total. The first-order valence-corrected chi connectivity index (χ1v) is 5.21. The van der Waals surface area contributed by atoms with Gasteiger partial charge in [-0.25, -0.2) is 0 Å². The van der Waals surface area contributed by atoms with Crippen LogP contribution in [0.5, 0.6) is 0 Å². The summed E-state index contributed by atoms with van der Waals surface area (Å²) in [5.41, 5.74) is 8.14. The molecule has 0 fully saturated rings. The number of rotatable bonds is 1. The predicted octanol–water partition coefficient (Wildman–Crippen LogP) is 1.68. The summed E-state index contributed by atoms with van der Waals surface area (Å²) in [4.78, 5) is 12.2. The lowest BCUT2D eigenvalue weighted by atomic mass is 10.0. The van der Waals surface area contributed by atoms with E-state index in [2.05, 4.69) is 0 Å². The van der Waals surface area contributed by atoms with Crippen molar-refractivity contribution in [1.82, 2.24) is 4.57 Å². The molecule has 0 aliphatic heterocycles. The van der Waals surface area contributed by atoms with Crippen molar-refractivity contribution in [1.29, 1.82) is 0 Å². The molecule has 0 radical (unpaired) electrons. The van der Waals surface area contributed by atoms with Crippen LogP contribution in [0.3, 0.4) is 0 Å². The first kappa shape index (κ1) is 12.0. The lowest BCUT2D eigenvalue weighted by Gasteiger charge is -2.26. The summed E-state index contributed by atoms with van der Waals surface area (Å²) in [6.07, 6.45) is 0. The van der Waals surface area contributed by atoms with Crippen LogP contribution in [0, 0.1) is 13.8 Å². The Morgan fingerprint density at radius 2 is 1.87 bits per heavy atom. The molecule has 0 spiro atoms. The molecular formula is C12H20N2O. The van der Waals surface area contributed by atoms with E-state index in [0.717, 1.165) is 16.8 Å². The maximum absolute atomic E-state index is 12.2. The molecular weight excluding hydrogens is 188 g/mol. The first-order valence-electron chi connectivity index (χ1n) is 5.21. The molecule has 84 valence electrons. The van der Waals surface area contributed by atoms with E-state index in [1.54, 1.807) is 0 Å². The van der Waals surface area contributed by atoms with Crippen molar-refractivity contribution >= 4 is 0 Å². The number of hydrogen-bond acceptors (Lipinski definition) is 2. The molecule has 0 unspecified atom stereocenters. The Bertz CT molecular complexity index is 424. The molecule has 0 aliphatic carbocycles. The second-order valence-electron chi connectivity index (χ2n) is 4.96. The van der Waals surface area contributed by atoms with Gasteiger partial charge < -0.3 is 10.3 Å². The Kier molecular flexibility index (Phi) is 3.05. The molecule has 0 saturated carbocycles. The number of pyridine rings is 1. The SMILES string of the molecule is Cc1cc(C)n(C(C)(C)C)c(=O)c1CN. The van der Waals surface area contributed by atoms with E-state index in [-0.39, 0.29) is 11.1 Å². The Balaban J connectivity index is 3.61. The minimum Gasteiger partial charge on any atom is -0.326 e. The molecule has 0 aromatic carbocycles. The van der Waals surface area contributed by atoms with Crippen molar-refractivity contribution in [3.63, 3.8) is 0 Å². The van der Waals surface area contributed by atoms with Crippen molar-refractivity contribution < 1.29 is 0 Å². The average Bonchev–Trinajstić information content (AvgIpc) is 2.00. The van der Waals surface area contributed by atoms with Crippen LogP contribution < -0.4 is 11.3 Å². The standard InChI is InChI=1S/C12H20N2O/c1-8-6-9(2)14(12(3,4)5)11(15)10(8)7-13/h6H,7,13H2,1-5H3. The monoisotopic (exact) mass is 208 g/mol. The van der Waals surface area contributed by atoms with Crippen molar-refractivity contribution in [3.8, 4) is 0 Å².